The van der Waals surface area contributed by atoms with Gasteiger partial charge in [-0.15, -0.1) is 0 Å². The maximum Gasteiger partial charge on any atom is 0.335 e. The fraction of sp³-hybridized carbons (Fsp3) is 0.233. The zero-order chi connectivity index (χ0) is 27.1. The number of ether oxygens (including phenoxy) is 1. The lowest BCUT2D eigenvalue weighted by atomic mass is 10.1. The molecule has 1 aliphatic heterocycles. The van der Waals surface area contributed by atoms with E-state index < -0.39 is 12.0 Å². The van der Waals surface area contributed by atoms with E-state index in [0.717, 1.165) is 24.0 Å². The first-order valence-electron chi connectivity index (χ1n) is 12.3. The van der Waals surface area contributed by atoms with Crippen LogP contribution in [0.15, 0.2) is 66.7 Å². The highest BCUT2D eigenvalue weighted by atomic mass is 16.5. The van der Waals surface area contributed by atoms with Crippen molar-refractivity contribution in [3.8, 4) is 17.6 Å². The largest absolute Gasteiger partial charge is 0.495 e. The van der Waals surface area contributed by atoms with E-state index in [-0.39, 0.29) is 23.9 Å². The summed E-state index contributed by atoms with van der Waals surface area (Å²) in [6.07, 6.45) is 1.83. The van der Waals surface area contributed by atoms with Gasteiger partial charge in [0, 0.05) is 17.8 Å². The van der Waals surface area contributed by atoms with Gasteiger partial charge in [-0.1, -0.05) is 36.1 Å². The zero-order valence-corrected chi connectivity index (χ0v) is 21.3. The molecule has 8 nitrogen and oxygen atoms in total. The van der Waals surface area contributed by atoms with Gasteiger partial charge in [0.25, 0.3) is 0 Å². The first-order valence-corrected chi connectivity index (χ1v) is 12.3. The van der Waals surface area contributed by atoms with Gasteiger partial charge in [-0.25, -0.2) is 9.59 Å². The number of aryl methyl sites for hydroxylation is 1. The van der Waals surface area contributed by atoms with E-state index in [2.05, 4.69) is 22.5 Å². The maximum atomic E-state index is 13.1. The van der Waals surface area contributed by atoms with Gasteiger partial charge in [-0.05, 0) is 73.4 Å². The third kappa shape index (κ3) is 6.51. The van der Waals surface area contributed by atoms with Gasteiger partial charge in [0.1, 0.15) is 5.75 Å². The molecule has 3 aromatic carbocycles. The van der Waals surface area contributed by atoms with E-state index in [1.807, 2.05) is 31.2 Å². The number of nitrogens with zero attached hydrogens (tertiary/aromatic N) is 1. The van der Waals surface area contributed by atoms with Crippen LogP contribution in [-0.2, 0) is 11.2 Å². The number of urea groups is 1. The maximum absolute atomic E-state index is 13.1. The number of methoxy groups -OCH3 is 1. The number of para-hydroxylation sites is 1. The smallest absolute Gasteiger partial charge is 0.335 e. The Morgan fingerprint density at radius 2 is 1.76 bits per heavy atom. The van der Waals surface area contributed by atoms with Crippen molar-refractivity contribution >= 4 is 29.3 Å². The topological polar surface area (TPSA) is 108 Å². The van der Waals surface area contributed by atoms with Crippen LogP contribution >= 0.6 is 0 Å². The van der Waals surface area contributed by atoms with Gasteiger partial charge < -0.3 is 25.4 Å². The molecule has 0 aliphatic carbocycles. The molecular formula is C30H29N3O5. The van der Waals surface area contributed by atoms with Crippen molar-refractivity contribution in [1.82, 2.24) is 4.90 Å². The summed E-state index contributed by atoms with van der Waals surface area (Å²) in [5.74, 6) is 5.67. The molecule has 3 amide bonds. The van der Waals surface area contributed by atoms with E-state index in [9.17, 15) is 14.4 Å². The van der Waals surface area contributed by atoms with Crippen LogP contribution in [0, 0.1) is 18.8 Å². The third-order valence-electron chi connectivity index (χ3n) is 6.35. The molecule has 1 aliphatic rings. The summed E-state index contributed by atoms with van der Waals surface area (Å²) in [6.45, 7) is 2.54. The highest BCUT2D eigenvalue weighted by molar-refractivity contribution is 6.01. The van der Waals surface area contributed by atoms with Crippen molar-refractivity contribution in [2.24, 2.45) is 0 Å². The molecule has 1 heterocycles. The van der Waals surface area contributed by atoms with Crippen LogP contribution in [0.5, 0.6) is 5.75 Å². The second-order valence-corrected chi connectivity index (χ2v) is 9.00. The van der Waals surface area contributed by atoms with Gasteiger partial charge in [-0.2, -0.15) is 0 Å². The highest BCUT2D eigenvalue weighted by Crippen LogP contribution is 2.27. The summed E-state index contributed by atoms with van der Waals surface area (Å²) in [7, 11) is 1.51. The molecule has 0 unspecified atom stereocenters. The first kappa shape index (κ1) is 26.3. The van der Waals surface area contributed by atoms with Crippen LogP contribution < -0.4 is 15.4 Å². The number of anilines is 2. The zero-order valence-electron chi connectivity index (χ0n) is 21.3. The minimum atomic E-state index is -0.983. The number of nitrogens with one attached hydrogen (secondary N) is 2. The van der Waals surface area contributed by atoms with Gasteiger partial charge in [0.2, 0.25) is 5.91 Å². The fourth-order valence-corrected chi connectivity index (χ4v) is 4.29. The van der Waals surface area contributed by atoms with E-state index in [1.165, 1.54) is 19.2 Å². The van der Waals surface area contributed by atoms with E-state index in [0.29, 0.717) is 29.2 Å². The lowest BCUT2D eigenvalue weighted by molar-refractivity contribution is -0.130. The normalized spacial score (nSPS) is 14.3. The minimum absolute atomic E-state index is 0.0388. The van der Waals surface area contributed by atoms with Crippen LogP contribution in [-0.4, -0.2) is 47.6 Å². The van der Waals surface area contributed by atoms with E-state index >= 15 is 0 Å². The highest BCUT2D eigenvalue weighted by Gasteiger charge is 2.27. The number of hydrogen-bond acceptors (Lipinski definition) is 4. The molecule has 38 heavy (non-hydrogen) atoms. The molecule has 0 spiro atoms. The molecule has 0 bridgehead atoms. The average molecular weight is 512 g/mol. The summed E-state index contributed by atoms with van der Waals surface area (Å²) < 4.78 is 5.47. The molecule has 194 valence electrons. The number of carbonyl (C=O) groups excluding carboxylic acids is 2. The molecular weight excluding hydrogens is 482 g/mol. The lowest BCUT2D eigenvalue weighted by Gasteiger charge is -2.21. The van der Waals surface area contributed by atoms with E-state index in [1.54, 1.807) is 35.2 Å². The number of rotatable bonds is 6. The molecule has 0 radical (unpaired) electrons. The van der Waals surface area contributed by atoms with Crippen molar-refractivity contribution in [3.05, 3.63) is 89.0 Å². The van der Waals surface area contributed by atoms with Crippen LogP contribution in [0.4, 0.5) is 16.2 Å². The summed E-state index contributed by atoms with van der Waals surface area (Å²) in [6, 6.07) is 18.5. The SMILES string of the molecule is COc1cc(CC(=O)N2CCC[C@H]2C#Cc2ccc(C(=O)O)cc2)ccc1NC(=O)Nc1ccccc1C. The number of carboxylic acids is 1. The molecule has 3 N–H and O–H groups in total. The van der Waals surface area contributed by atoms with E-state index in [4.69, 9.17) is 9.84 Å². The summed E-state index contributed by atoms with van der Waals surface area (Å²) in [5, 5.41) is 14.7. The Balaban J connectivity index is 1.39. The standard InChI is InChI=1S/C30H29N3O5/c1-20-6-3-4-8-25(20)31-30(37)32-26-16-12-22(18-27(26)38-2)19-28(34)33-17-5-7-24(33)15-11-21-9-13-23(14-10-21)29(35)36/h3-4,6,8-10,12-14,16,18,24H,5,7,17,19H2,1-2H3,(H,35,36)(H2,31,32,37)/t24-/m0/s1. The number of carboxylic acid groups (broad SMARTS) is 1. The van der Waals surface area contributed by atoms with Crippen LogP contribution in [0.25, 0.3) is 0 Å². The number of carbonyl (C=O) groups is 3. The van der Waals surface area contributed by atoms with Crippen LogP contribution in [0.2, 0.25) is 0 Å². The Morgan fingerprint density at radius 1 is 1.03 bits per heavy atom. The number of amides is 3. The molecule has 1 fully saturated rings. The predicted octanol–water partition coefficient (Wildman–Crippen LogP) is 4.93. The van der Waals surface area contributed by atoms with Crippen LogP contribution in [0.1, 0.15) is 39.9 Å². The van der Waals surface area contributed by atoms with Crippen LogP contribution in [0.3, 0.4) is 0 Å². The molecule has 4 rings (SSSR count). The monoisotopic (exact) mass is 511 g/mol. The van der Waals surface area contributed by atoms with Gasteiger partial charge in [0.15, 0.2) is 0 Å². The third-order valence-corrected chi connectivity index (χ3v) is 6.35. The van der Waals surface area contributed by atoms with Crippen molar-refractivity contribution in [2.75, 3.05) is 24.3 Å². The quantitative estimate of drug-likeness (QED) is 0.407. The molecule has 1 saturated heterocycles. The molecule has 8 heteroatoms. The molecule has 3 aromatic rings. The summed E-state index contributed by atoms with van der Waals surface area (Å²) in [4.78, 5) is 38.4. The van der Waals surface area contributed by atoms with Crippen molar-refractivity contribution in [1.29, 1.82) is 0 Å². The summed E-state index contributed by atoms with van der Waals surface area (Å²) in [5.41, 5.74) is 3.83. The number of hydrogen-bond donors (Lipinski definition) is 3. The lowest BCUT2D eigenvalue weighted by Crippen LogP contribution is -2.35. The Bertz CT molecular complexity index is 1410. The van der Waals surface area contributed by atoms with Gasteiger partial charge in [-0.3, -0.25) is 4.79 Å². The number of likely N-dealkylation sites (tertiary alicyclic amines) is 1. The second-order valence-electron chi connectivity index (χ2n) is 9.00. The molecule has 0 aromatic heterocycles. The Labute approximate surface area is 221 Å². The number of benzene rings is 3. The average Bonchev–Trinajstić information content (AvgIpc) is 3.39. The second kappa shape index (κ2) is 12.0. The minimum Gasteiger partial charge on any atom is -0.495 e. The first-order chi connectivity index (χ1) is 18.3. The number of aromatic carboxylic acids is 1. The van der Waals surface area contributed by atoms with Crippen molar-refractivity contribution in [3.63, 3.8) is 0 Å². The van der Waals surface area contributed by atoms with Crippen molar-refractivity contribution in [2.45, 2.75) is 32.2 Å². The van der Waals surface area contributed by atoms with Gasteiger partial charge >= 0.3 is 12.0 Å². The molecule has 1 atom stereocenters. The predicted molar refractivity (Wildman–Crippen MR) is 146 cm³/mol. The Hall–Kier alpha value is -4.77. The van der Waals surface area contributed by atoms with Gasteiger partial charge in [0.05, 0.1) is 30.8 Å². The Morgan fingerprint density at radius 3 is 2.47 bits per heavy atom. The summed E-state index contributed by atoms with van der Waals surface area (Å²) >= 11 is 0. The Kier molecular flexibility index (Phi) is 8.29. The fourth-order valence-electron chi connectivity index (χ4n) is 4.29. The molecule has 0 saturated carbocycles. The van der Waals surface area contributed by atoms with Crippen molar-refractivity contribution < 1.29 is 24.2 Å².